The Hall–Kier alpha value is -2.53. The highest BCUT2D eigenvalue weighted by atomic mass is 16.8. The molecule has 0 aromatic heterocycles. The van der Waals surface area contributed by atoms with Gasteiger partial charge >= 0.3 is 5.97 Å². The van der Waals surface area contributed by atoms with Crippen molar-refractivity contribution in [2.45, 2.75) is 394 Å². The second-order valence-corrected chi connectivity index (χ2v) is 27.2. The molecule has 552 valence electrons. The van der Waals surface area contributed by atoms with Crippen LogP contribution in [0.1, 0.15) is 284 Å². The number of aliphatic carboxylic acids is 1. The molecular formula is C71H132N2O21. The first-order chi connectivity index (χ1) is 45.4. The minimum Gasteiger partial charge on any atom is -0.477 e. The van der Waals surface area contributed by atoms with Gasteiger partial charge in [0.15, 0.2) is 12.6 Å². The van der Waals surface area contributed by atoms with Crippen molar-refractivity contribution in [3.8, 4) is 0 Å². The predicted molar refractivity (Wildman–Crippen MR) is 357 cm³/mol. The SMILES string of the molecule is CCCCCCCCC/C=C/C(O)C(COC1OC(CO)C(OC2OC(CO)C(O)C(OC3(C(=O)O)CC(O)C(NC(C)=O)C(C(O)C(O)CO)O3)C2O)C(O)C1O)NC(=O)CCCCCCCCCCCCCCCCCCCCCCCCCCCCCCCCC. The lowest BCUT2D eigenvalue weighted by Crippen LogP contribution is -2.70. The summed E-state index contributed by atoms with van der Waals surface area (Å²) in [6.07, 6.45) is 23.2. The van der Waals surface area contributed by atoms with E-state index >= 15 is 0 Å². The summed E-state index contributed by atoms with van der Waals surface area (Å²) < 4.78 is 34.7. The van der Waals surface area contributed by atoms with Gasteiger partial charge in [0.05, 0.1) is 50.7 Å². The molecule has 3 saturated heterocycles. The quantitative estimate of drug-likeness (QED) is 0.0203. The van der Waals surface area contributed by atoms with Gasteiger partial charge in [-0.2, -0.15) is 0 Å². The number of amides is 2. The number of hydrogen-bond donors (Lipinski definition) is 14. The summed E-state index contributed by atoms with van der Waals surface area (Å²) in [7, 11) is 0. The highest BCUT2D eigenvalue weighted by Crippen LogP contribution is 2.39. The second kappa shape index (κ2) is 51.6. The Kier molecular flexibility index (Phi) is 47.0. The Morgan fingerprint density at radius 1 is 0.553 bits per heavy atom. The van der Waals surface area contributed by atoms with E-state index in [0.717, 1.165) is 64.7 Å². The lowest BCUT2D eigenvalue weighted by atomic mass is 9.88. The maximum Gasteiger partial charge on any atom is 0.364 e. The van der Waals surface area contributed by atoms with Crippen LogP contribution >= 0.6 is 0 Å². The molecule has 14 N–H and O–H groups in total. The van der Waals surface area contributed by atoms with Crippen LogP contribution in [0.5, 0.6) is 0 Å². The van der Waals surface area contributed by atoms with E-state index in [0.29, 0.717) is 12.8 Å². The summed E-state index contributed by atoms with van der Waals surface area (Å²) >= 11 is 0. The molecule has 18 unspecified atom stereocenters. The predicted octanol–water partition coefficient (Wildman–Crippen LogP) is 7.85. The number of carbonyl (C=O) groups excluding carboxylic acids is 2. The molecular weight excluding hydrogens is 1220 g/mol. The molecule has 0 saturated carbocycles. The van der Waals surface area contributed by atoms with E-state index in [4.69, 9.17) is 28.4 Å². The van der Waals surface area contributed by atoms with Gasteiger partial charge in [-0.15, -0.1) is 0 Å². The first-order valence-electron chi connectivity index (χ1n) is 37.1. The van der Waals surface area contributed by atoms with Gasteiger partial charge in [0.1, 0.15) is 67.1 Å². The van der Waals surface area contributed by atoms with E-state index in [1.807, 2.05) is 6.08 Å². The fraction of sp³-hybridized carbons (Fsp3) is 0.930. The van der Waals surface area contributed by atoms with E-state index in [2.05, 4.69) is 24.5 Å². The molecule has 94 heavy (non-hydrogen) atoms. The first-order valence-corrected chi connectivity index (χ1v) is 37.1. The molecule has 23 nitrogen and oxygen atoms in total. The number of allylic oxidation sites excluding steroid dienone is 1. The van der Waals surface area contributed by atoms with E-state index in [-0.39, 0.29) is 12.3 Å². The Balaban J connectivity index is 1.44. The number of aliphatic hydroxyl groups excluding tert-OH is 11. The summed E-state index contributed by atoms with van der Waals surface area (Å²) in [6.45, 7) is 2.11. The van der Waals surface area contributed by atoms with E-state index in [1.165, 1.54) is 180 Å². The number of nitrogens with one attached hydrogen (secondary N) is 2. The van der Waals surface area contributed by atoms with Crippen molar-refractivity contribution >= 4 is 17.8 Å². The van der Waals surface area contributed by atoms with Gasteiger partial charge < -0.3 is 100 Å². The zero-order valence-corrected chi connectivity index (χ0v) is 57.8. The highest BCUT2D eigenvalue weighted by molar-refractivity contribution is 5.77. The molecule has 0 aliphatic carbocycles. The molecule has 3 heterocycles. The maximum atomic E-state index is 13.4. The number of ether oxygens (including phenoxy) is 6. The molecule has 0 aromatic carbocycles. The maximum absolute atomic E-state index is 13.4. The van der Waals surface area contributed by atoms with Crippen molar-refractivity contribution in [1.29, 1.82) is 0 Å². The largest absolute Gasteiger partial charge is 0.477 e. The van der Waals surface area contributed by atoms with Crippen molar-refractivity contribution in [2.75, 3.05) is 26.4 Å². The zero-order valence-electron chi connectivity index (χ0n) is 57.8. The third-order valence-corrected chi connectivity index (χ3v) is 19.0. The van der Waals surface area contributed by atoms with Crippen LogP contribution in [0.3, 0.4) is 0 Å². The van der Waals surface area contributed by atoms with Crippen LogP contribution in [0.15, 0.2) is 12.2 Å². The molecule has 0 radical (unpaired) electrons. The fourth-order valence-electron chi connectivity index (χ4n) is 13.1. The number of carboxylic acids is 1. The molecule has 0 spiro atoms. The van der Waals surface area contributed by atoms with Crippen LogP contribution in [0.4, 0.5) is 0 Å². The van der Waals surface area contributed by atoms with E-state index in [1.54, 1.807) is 6.08 Å². The van der Waals surface area contributed by atoms with Crippen LogP contribution in [0, 0.1) is 0 Å². The second-order valence-electron chi connectivity index (χ2n) is 27.2. The molecule has 18 atom stereocenters. The fourth-order valence-corrected chi connectivity index (χ4v) is 13.1. The topological polar surface area (TPSA) is 373 Å². The van der Waals surface area contributed by atoms with Gasteiger partial charge in [-0.25, -0.2) is 4.79 Å². The third kappa shape index (κ3) is 33.1. The standard InChI is InChI=1S/C71H132N2O21/c1-4-6-8-10-12-14-15-16-17-18-19-20-21-22-23-24-25-26-27-28-29-30-31-32-33-34-35-37-39-41-43-45-58(81)73-52(53(78)44-42-40-38-36-13-11-9-7-5-2)50-89-68-63(85)62(84)65(57(49-76)91-68)92-69-64(86)67(61(83)56(48-75)90-69)94-71(70(87)88)46-54(79)59(72-51(3)77)66(93-71)60(82)55(80)47-74/h42,44,52-57,59-69,74-76,78-80,82-86H,4-41,43,45-50H2,1-3H3,(H,72,77)(H,73,81)(H,87,88)/b44-42+. The summed E-state index contributed by atoms with van der Waals surface area (Å²) in [6, 6.07) is -2.61. The molecule has 3 aliphatic rings. The number of rotatable bonds is 57. The smallest absolute Gasteiger partial charge is 0.364 e. The Labute approximate surface area is 562 Å². The summed E-state index contributed by atoms with van der Waals surface area (Å²) in [4.78, 5) is 38.5. The molecule has 3 rings (SSSR count). The summed E-state index contributed by atoms with van der Waals surface area (Å²) in [5.41, 5.74) is 0. The first kappa shape index (κ1) is 85.7. The Morgan fingerprint density at radius 3 is 1.41 bits per heavy atom. The van der Waals surface area contributed by atoms with Crippen molar-refractivity contribution in [1.82, 2.24) is 10.6 Å². The Bertz CT molecular complexity index is 1940. The molecule has 2 amide bonds. The van der Waals surface area contributed by atoms with Crippen LogP contribution in [0.25, 0.3) is 0 Å². The molecule has 0 aromatic rings. The Morgan fingerprint density at radius 2 is 0.989 bits per heavy atom. The number of carboxylic acid groups (broad SMARTS) is 1. The summed E-state index contributed by atoms with van der Waals surface area (Å²) in [5.74, 6) is -6.14. The lowest BCUT2D eigenvalue weighted by molar-refractivity contribution is -0.386. The molecule has 23 heteroatoms. The average molecular weight is 1350 g/mol. The van der Waals surface area contributed by atoms with Gasteiger partial charge in [-0.1, -0.05) is 257 Å². The van der Waals surface area contributed by atoms with Crippen molar-refractivity contribution in [3.63, 3.8) is 0 Å². The molecule has 3 fully saturated rings. The third-order valence-electron chi connectivity index (χ3n) is 19.0. The number of unbranched alkanes of at least 4 members (excludes halogenated alkanes) is 37. The average Bonchev–Trinajstić information content (AvgIpc) is 0.760. The van der Waals surface area contributed by atoms with Crippen LogP contribution < -0.4 is 10.6 Å². The van der Waals surface area contributed by atoms with E-state index < -0.39 is 155 Å². The number of hydrogen-bond acceptors (Lipinski definition) is 20. The minimum atomic E-state index is -3.08. The van der Waals surface area contributed by atoms with Crippen molar-refractivity contribution in [3.05, 3.63) is 12.2 Å². The van der Waals surface area contributed by atoms with Crippen LogP contribution in [-0.4, -0.2) is 215 Å². The zero-order chi connectivity index (χ0) is 68.9. The normalized spacial score (nSPS) is 27.9. The van der Waals surface area contributed by atoms with E-state index in [9.17, 15) is 75.7 Å². The van der Waals surface area contributed by atoms with Gasteiger partial charge in [0.25, 0.3) is 5.79 Å². The lowest BCUT2D eigenvalue weighted by Gasteiger charge is -2.50. The molecule has 3 aliphatic heterocycles. The molecule has 0 bridgehead atoms. The van der Waals surface area contributed by atoms with Crippen molar-refractivity contribution < 1.29 is 104 Å². The van der Waals surface area contributed by atoms with Gasteiger partial charge in [0, 0.05) is 19.8 Å². The van der Waals surface area contributed by atoms with Gasteiger partial charge in [0.2, 0.25) is 11.8 Å². The van der Waals surface area contributed by atoms with Crippen LogP contribution in [-0.2, 0) is 42.8 Å². The monoisotopic (exact) mass is 1350 g/mol. The van der Waals surface area contributed by atoms with Crippen molar-refractivity contribution in [2.24, 2.45) is 0 Å². The van der Waals surface area contributed by atoms with Gasteiger partial charge in [-0.05, 0) is 19.3 Å². The number of aliphatic hydroxyl groups is 11. The van der Waals surface area contributed by atoms with Gasteiger partial charge in [-0.3, -0.25) is 9.59 Å². The minimum absolute atomic E-state index is 0.205. The van der Waals surface area contributed by atoms with Crippen LogP contribution in [0.2, 0.25) is 0 Å². The summed E-state index contributed by atoms with van der Waals surface area (Å²) in [5, 5.41) is 136. The highest BCUT2D eigenvalue weighted by Gasteiger charge is 2.60. The number of carbonyl (C=O) groups is 3.